The monoisotopic (exact) mass is 320 g/mol. The first kappa shape index (κ1) is 15.4. The minimum Gasteiger partial charge on any atom is -0.476 e. The van der Waals surface area contributed by atoms with Crippen LogP contribution < -0.4 is 0 Å². The van der Waals surface area contributed by atoms with Crippen LogP contribution in [-0.2, 0) is 10.0 Å². The van der Waals surface area contributed by atoms with Crippen molar-refractivity contribution in [2.24, 2.45) is 0 Å². The number of sulfonamides is 1. The Morgan fingerprint density at radius 3 is 2.90 bits per heavy atom. The highest BCUT2D eigenvalue weighted by Gasteiger charge is 2.37. The molecule has 0 saturated carbocycles. The molecule has 1 unspecified atom stereocenters. The zero-order valence-electron chi connectivity index (χ0n) is 10.7. The van der Waals surface area contributed by atoms with Gasteiger partial charge in [-0.05, 0) is 19.3 Å². The van der Waals surface area contributed by atoms with Crippen molar-refractivity contribution < 1.29 is 23.4 Å². The van der Waals surface area contributed by atoms with E-state index in [-0.39, 0.29) is 16.9 Å². The van der Waals surface area contributed by atoms with Crippen molar-refractivity contribution in [2.45, 2.75) is 35.9 Å². The van der Waals surface area contributed by atoms with Gasteiger partial charge < -0.3 is 10.2 Å². The number of nitrogens with zero attached hydrogens (tertiary/aromatic N) is 2. The topological polar surface area (TPSA) is 108 Å². The predicted octanol–water partition coefficient (Wildman–Crippen LogP) is 0.767. The summed E-state index contributed by atoms with van der Waals surface area (Å²) in [6, 6.07) is -0.275. The number of thiazole rings is 1. The van der Waals surface area contributed by atoms with Gasteiger partial charge in [0.15, 0.2) is 9.90 Å². The van der Waals surface area contributed by atoms with E-state index in [0.29, 0.717) is 19.4 Å². The van der Waals surface area contributed by atoms with E-state index in [9.17, 15) is 13.2 Å². The lowest BCUT2D eigenvalue weighted by molar-refractivity contribution is 0.0687. The number of carbonyl (C=O) groups is 1. The normalized spacial score (nSPS) is 20.9. The molecule has 1 saturated heterocycles. The summed E-state index contributed by atoms with van der Waals surface area (Å²) in [5.74, 6) is -1.35. The number of aliphatic hydroxyl groups excluding tert-OH is 1. The lowest BCUT2D eigenvalue weighted by Crippen LogP contribution is -2.44. The molecule has 1 fully saturated rings. The quantitative estimate of drug-likeness (QED) is 0.829. The number of hydrogen-bond acceptors (Lipinski definition) is 6. The van der Waals surface area contributed by atoms with Gasteiger partial charge in [0.2, 0.25) is 0 Å². The van der Waals surface area contributed by atoms with Crippen LogP contribution in [0.15, 0.2) is 9.72 Å². The number of carboxylic acid groups (broad SMARTS) is 1. The van der Waals surface area contributed by atoms with Crippen molar-refractivity contribution in [1.82, 2.24) is 9.29 Å². The molecule has 2 rings (SSSR count). The summed E-state index contributed by atoms with van der Waals surface area (Å²) in [4.78, 5) is 14.7. The number of rotatable bonds is 5. The number of aromatic carboxylic acids is 1. The second-order valence-electron chi connectivity index (χ2n) is 4.57. The molecule has 1 aromatic rings. The Morgan fingerprint density at radius 2 is 2.25 bits per heavy atom. The molecular weight excluding hydrogens is 304 g/mol. The lowest BCUT2D eigenvalue weighted by atomic mass is 10.0. The summed E-state index contributed by atoms with van der Waals surface area (Å²) in [6.07, 6.45) is 2.69. The molecule has 2 heterocycles. The number of aromatic nitrogens is 1. The molecule has 0 aliphatic carbocycles. The SMILES string of the molecule is O=C(O)c1ncsc1S(=O)(=O)N1CCCCC1CCO. The average Bonchev–Trinajstić information content (AvgIpc) is 2.89. The first-order valence-electron chi connectivity index (χ1n) is 6.28. The summed E-state index contributed by atoms with van der Waals surface area (Å²) >= 11 is 0.815. The second-order valence-corrected chi connectivity index (χ2v) is 7.51. The number of aliphatic hydroxyl groups is 1. The maximum absolute atomic E-state index is 12.6. The van der Waals surface area contributed by atoms with E-state index < -0.39 is 21.7 Å². The van der Waals surface area contributed by atoms with Gasteiger partial charge in [0.25, 0.3) is 10.0 Å². The van der Waals surface area contributed by atoms with E-state index in [1.54, 1.807) is 0 Å². The fraction of sp³-hybridized carbons (Fsp3) is 0.636. The second kappa shape index (κ2) is 6.17. The lowest BCUT2D eigenvalue weighted by Gasteiger charge is -2.34. The van der Waals surface area contributed by atoms with Crippen molar-refractivity contribution in [3.63, 3.8) is 0 Å². The fourth-order valence-corrected chi connectivity index (χ4v) is 5.37. The molecule has 0 radical (unpaired) electrons. The molecule has 0 amide bonds. The molecule has 2 N–H and O–H groups in total. The highest BCUT2D eigenvalue weighted by molar-refractivity contribution is 7.91. The predicted molar refractivity (Wildman–Crippen MR) is 72.3 cm³/mol. The molecular formula is C11H16N2O5S2. The molecule has 0 spiro atoms. The summed E-state index contributed by atoms with van der Waals surface area (Å²) in [5, 5.41) is 18.1. The third kappa shape index (κ3) is 2.85. The largest absolute Gasteiger partial charge is 0.476 e. The molecule has 9 heteroatoms. The highest BCUT2D eigenvalue weighted by Crippen LogP contribution is 2.30. The smallest absolute Gasteiger partial charge is 0.356 e. The van der Waals surface area contributed by atoms with Gasteiger partial charge in [-0.1, -0.05) is 6.42 Å². The Kier molecular flexibility index (Phi) is 4.74. The molecule has 1 atom stereocenters. The Labute approximate surface area is 120 Å². The third-order valence-electron chi connectivity index (χ3n) is 3.32. The van der Waals surface area contributed by atoms with Crippen LogP contribution in [0, 0.1) is 0 Å². The molecule has 112 valence electrons. The van der Waals surface area contributed by atoms with Crippen LogP contribution >= 0.6 is 11.3 Å². The van der Waals surface area contributed by atoms with E-state index >= 15 is 0 Å². The summed E-state index contributed by atoms with van der Waals surface area (Å²) in [7, 11) is -3.87. The Hall–Kier alpha value is -1.03. The minimum absolute atomic E-state index is 0.0921. The fourth-order valence-electron chi connectivity index (χ4n) is 2.40. The number of piperidine rings is 1. The van der Waals surface area contributed by atoms with E-state index in [1.807, 2.05) is 0 Å². The van der Waals surface area contributed by atoms with Gasteiger partial charge in [-0.25, -0.2) is 18.2 Å². The van der Waals surface area contributed by atoms with Gasteiger partial charge in [0, 0.05) is 19.2 Å². The van der Waals surface area contributed by atoms with Crippen molar-refractivity contribution in [3.8, 4) is 0 Å². The zero-order valence-corrected chi connectivity index (χ0v) is 12.4. The number of carboxylic acids is 1. The van der Waals surface area contributed by atoms with Gasteiger partial charge in [-0.15, -0.1) is 11.3 Å². The number of hydrogen-bond donors (Lipinski definition) is 2. The molecule has 0 bridgehead atoms. The van der Waals surface area contributed by atoms with Gasteiger partial charge in [-0.3, -0.25) is 0 Å². The first-order chi connectivity index (χ1) is 9.48. The van der Waals surface area contributed by atoms with E-state index in [1.165, 1.54) is 9.82 Å². The minimum atomic E-state index is -3.87. The van der Waals surface area contributed by atoms with Gasteiger partial charge in [-0.2, -0.15) is 4.31 Å². The standard InChI is InChI=1S/C11H16N2O5S2/c14-6-4-8-3-1-2-5-13(8)20(17,18)11-9(10(15)16)12-7-19-11/h7-8,14H,1-6H2,(H,15,16). The zero-order chi connectivity index (χ0) is 14.8. The Morgan fingerprint density at radius 1 is 1.50 bits per heavy atom. The van der Waals surface area contributed by atoms with E-state index in [2.05, 4.69) is 4.98 Å². The van der Waals surface area contributed by atoms with Gasteiger partial charge >= 0.3 is 5.97 Å². The molecule has 7 nitrogen and oxygen atoms in total. The molecule has 1 aliphatic heterocycles. The highest BCUT2D eigenvalue weighted by atomic mass is 32.2. The van der Waals surface area contributed by atoms with E-state index in [0.717, 1.165) is 24.2 Å². The van der Waals surface area contributed by atoms with Crippen LogP contribution in [0.5, 0.6) is 0 Å². The Bertz CT molecular complexity index is 581. The molecule has 1 aliphatic rings. The van der Waals surface area contributed by atoms with Crippen molar-refractivity contribution in [3.05, 3.63) is 11.2 Å². The van der Waals surface area contributed by atoms with Crippen molar-refractivity contribution in [2.75, 3.05) is 13.2 Å². The van der Waals surface area contributed by atoms with Crippen molar-refractivity contribution in [1.29, 1.82) is 0 Å². The first-order valence-corrected chi connectivity index (χ1v) is 8.60. The van der Waals surface area contributed by atoms with Crippen molar-refractivity contribution >= 4 is 27.3 Å². The van der Waals surface area contributed by atoms with Gasteiger partial charge in [0.1, 0.15) is 0 Å². The van der Waals surface area contributed by atoms with Crippen LogP contribution in [0.25, 0.3) is 0 Å². The average molecular weight is 320 g/mol. The summed E-state index contributed by atoms with van der Waals surface area (Å²) in [6.45, 7) is 0.259. The Balaban J connectivity index is 2.37. The van der Waals surface area contributed by atoms with E-state index in [4.69, 9.17) is 10.2 Å². The molecule has 1 aromatic heterocycles. The van der Waals surface area contributed by atoms with Crippen LogP contribution in [0.3, 0.4) is 0 Å². The molecule has 20 heavy (non-hydrogen) atoms. The van der Waals surface area contributed by atoms with Crippen LogP contribution in [0.1, 0.15) is 36.2 Å². The maximum Gasteiger partial charge on any atom is 0.356 e. The van der Waals surface area contributed by atoms with Gasteiger partial charge in [0.05, 0.1) is 5.51 Å². The summed E-state index contributed by atoms with van der Waals surface area (Å²) < 4.78 is 26.3. The molecule has 0 aromatic carbocycles. The van der Waals surface area contributed by atoms with Crippen LogP contribution in [-0.4, -0.2) is 53.1 Å². The third-order valence-corrected chi connectivity index (χ3v) is 6.61. The van der Waals surface area contributed by atoms with Crippen LogP contribution in [0.4, 0.5) is 0 Å². The van der Waals surface area contributed by atoms with Crippen LogP contribution in [0.2, 0.25) is 0 Å². The summed E-state index contributed by atoms with van der Waals surface area (Å²) in [5.41, 5.74) is 0.796. The maximum atomic E-state index is 12.6.